The van der Waals surface area contributed by atoms with E-state index in [-0.39, 0.29) is 5.91 Å². The van der Waals surface area contributed by atoms with E-state index in [2.05, 4.69) is 22.6 Å². The van der Waals surface area contributed by atoms with E-state index in [1.807, 2.05) is 30.3 Å². The van der Waals surface area contributed by atoms with Crippen molar-refractivity contribution in [1.82, 2.24) is 0 Å². The lowest BCUT2D eigenvalue weighted by Crippen LogP contribution is -2.43. The average molecular weight is 469 g/mol. The molecule has 0 aliphatic carbocycles. The largest absolute Gasteiger partial charge is 0.497 e. The zero-order chi connectivity index (χ0) is 18.9. The number of anilines is 1. The molecule has 1 aliphatic rings. The monoisotopic (exact) mass is 469 g/mol. The van der Waals surface area contributed by atoms with E-state index in [1.165, 1.54) is 14.2 Å². The number of halogens is 1. The van der Waals surface area contributed by atoms with Gasteiger partial charge in [-0.05, 0) is 58.5 Å². The second-order valence-electron chi connectivity index (χ2n) is 5.80. The van der Waals surface area contributed by atoms with Gasteiger partial charge in [-0.25, -0.2) is 0 Å². The van der Waals surface area contributed by atoms with Crippen LogP contribution in [-0.4, -0.2) is 34.3 Å². The predicted octanol–water partition coefficient (Wildman–Crippen LogP) is 3.30. The van der Waals surface area contributed by atoms with Crippen LogP contribution in [0.25, 0.3) is 0 Å². The fourth-order valence-corrected chi connectivity index (χ4v) is 3.68. The number of hydrogen-bond donors (Lipinski definition) is 0. The number of amides is 1. The lowest BCUT2D eigenvalue weighted by atomic mass is 10.1. The maximum Gasteiger partial charge on any atom is 0.292 e. The predicted molar refractivity (Wildman–Crippen MR) is 106 cm³/mol. The van der Waals surface area contributed by atoms with E-state index in [0.717, 1.165) is 14.8 Å². The van der Waals surface area contributed by atoms with Gasteiger partial charge in [0, 0.05) is 29.4 Å². The van der Waals surface area contributed by atoms with Gasteiger partial charge in [-0.15, -0.1) is 0 Å². The molecule has 0 bridgehead atoms. The number of rotatable bonds is 6. The second-order valence-corrected chi connectivity index (χ2v) is 7.04. The summed E-state index contributed by atoms with van der Waals surface area (Å²) in [7, 11) is 6.14. The van der Waals surface area contributed by atoms with E-state index in [9.17, 15) is 4.79 Å². The molecule has 0 unspecified atom stereocenters. The highest BCUT2D eigenvalue weighted by atomic mass is 127. The number of nitrogens with zero attached hydrogens (tertiary/aromatic N) is 1. The number of fused-ring (bicyclic) bond motifs is 1. The van der Waals surface area contributed by atoms with Gasteiger partial charge in [0.1, 0.15) is 11.5 Å². The third-order valence-corrected chi connectivity index (χ3v) is 5.13. The first kappa shape index (κ1) is 18.9. The van der Waals surface area contributed by atoms with Crippen molar-refractivity contribution >= 4 is 34.2 Å². The highest BCUT2D eigenvalue weighted by Crippen LogP contribution is 2.44. The molecule has 2 aromatic rings. The lowest BCUT2D eigenvalue weighted by Gasteiger charge is -2.25. The van der Waals surface area contributed by atoms with Crippen molar-refractivity contribution in [3.63, 3.8) is 0 Å². The van der Waals surface area contributed by atoms with Crippen LogP contribution in [0.2, 0.25) is 0 Å². The fourth-order valence-electron chi connectivity index (χ4n) is 3.18. The van der Waals surface area contributed by atoms with Crippen molar-refractivity contribution in [1.29, 1.82) is 0 Å². The quantitative estimate of drug-likeness (QED) is 0.480. The molecule has 2 aromatic carbocycles. The summed E-state index contributed by atoms with van der Waals surface area (Å²) in [6.07, 6.45) is 0. The Morgan fingerprint density at radius 2 is 1.58 bits per heavy atom. The molecule has 1 aliphatic heterocycles. The van der Waals surface area contributed by atoms with E-state index >= 15 is 0 Å². The molecule has 0 radical (unpaired) electrons. The maximum absolute atomic E-state index is 13.2. The van der Waals surface area contributed by atoms with Crippen molar-refractivity contribution in [2.24, 2.45) is 0 Å². The Morgan fingerprint density at radius 1 is 0.962 bits per heavy atom. The van der Waals surface area contributed by atoms with Gasteiger partial charge in [-0.1, -0.05) is 0 Å². The molecule has 0 fully saturated rings. The molecule has 0 N–H and O–H groups in total. The van der Waals surface area contributed by atoms with Crippen LogP contribution in [0.5, 0.6) is 11.5 Å². The summed E-state index contributed by atoms with van der Waals surface area (Å²) in [6.45, 7) is 0.342. The molecule has 0 saturated carbocycles. The van der Waals surface area contributed by atoms with Crippen LogP contribution in [0, 0.1) is 3.57 Å². The van der Waals surface area contributed by atoms with E-state index in [4.69, 9.17) is 18.9 Å². The normalized spacial score (nSPS) is 15.1. The van der Waals surface area contributed by atoms with Gasteiger partial charge in [0.25, 0.3) is 11.7 Å². The van der Waals surface area contributed by atoms with Gasteiger partial charge in [0.05, 0.1) is 26.5 Å². The number of hydrogen-bond acceptors (Lipinski definition) is 5. The molecule has 6 nitrogen and oxygen atoms in total. The maximum atomic E-state index is 13.2. The first-order valence-corrected chi connectivity index (χ1v) is 9.01. The van der Waals surface area contributed by atoms with Crippen molar-refractivity contribution in [2.45, 2.75) is 12.3 Å². The minimum atomic E-state index is -1.43. The zero-order valence-electron chi connectivity index (χ0n) is 15.0. The smallest absolute Gasteiger partial charge is 0.292 e. The summed E-state index contributed by atoms with van der Waals surface area (Å²) in [5, 5.41) is 0. The Bertz CT molecular complexity index is 812. The SMILES string of the molecule is COc1cc(CN2C(=O)C(OC)(OC)c3cc(I)ccc32)cc(OC)c1. The van der Waals surface area contributed by atoms with Crippen molar-refractivity contribution < 1.29 is 23.7 Å². The standard InChI is InChI=1S/C19H20INO5/c1-23-14-7-12(8-15(10-14)24-2)11-21-17-6-5-13(20)9-16(17)19(25-3,26-4)18(21)22/h5-10H,11H2,1-4H3. The van der Waals surface area contributed by atoms with Gasteiger partial charge < -0.3 is 23.8 Å². The molecule has 0 saturated heterocycles. The summed E-state index contributed by atoms with van der Waals surface area (Å²) in [4.78, 5) is 14.8. The third kappa shape index (κ3) is 3.04. The number of ether oxygens (including phenoxy) is 4. The van der Waals surface area contributed by atoms with E-state index in [0.29, 0.717) is 23.6 Å². The number of carbonyl (C=O) groups excluding carboxylic acids is 1. The molecular formula is C19H20INO5. The molecule has 0 aromatic heterocycles. The van der Waals surface area contributed by atoms with Gasteiger partial charge in [-0.2, -0.15) is 0 Å². The van der Waals surface area contributed by atoms with Crippen molar-refractivity contribution in [3.05, 3.63) is 51.1 Å². The van der Waals surface area contributed by atoms with Crippen LogP contribution in [0.4, 0.5) is 5.69 Å². The first-order valence-electron chi connectivity index (χ1n) is 7.93. The molecule has 3 rings (SSSR count). The Kier molecular flexibility index (Phi) is 5.40. The fraction of sp³-hybridized carbons (Fsp3) is 0.316. The Balaban J connectivity index is 2.06. The molecule has 1 amide bonds. The molecule has 1 heterocycles. The lowest BCUT2D eigenvalue weighted by molar-refractivity contribution is -0.209. The highest BCUT2D eigenvalue weighted by Gasteiger charge is 2.52. The van der Waals surface area contributed by atoms with Crippen LogP contribution in [0.15, 0.2) is 36.4 Å². The minimum Gasteiger partial charge on any atom is -0.497 e. The Morgan fingerprint density at radius 3 is 2.12 bits per heavy atom. The van der Waals surface area contributed by atoms with Crippen molar-refractivity contribution in [2.75, 3.05) is 33.3 Å². The average Bonchev–Trinajstić information content (AvgIpc) is 2.89. The van der Waals surface area contributed by atoms with Crippen LogP contribution >= 0.6 is 22.6 Å². The molecule has 0 spiro atoms. The molecule has 138 valence electrons. The van der Waals surface area contributed by atoms with Gasteiger partial charge in [0.15, 0.2) is 0 Å². The van der Waals surface area contributed by atoms with Crippen LogP contribution < -0.4 is 14.4 Å². The van der Waals surface area contributed by atoms with Crippen molar-refractivity contribution in [3.8, 4) is 11.5 Å². The van der Waals surface area contributed by atoms with Crippen LogP contribution in [-0.2, 0) is 26.6 Å². The third-order valence-electron chi connectivity index (χ3n) is 4.46. The zero-order valence-corrected chi connectivity index (χ0v) is 17.2. The summed E-state index contributed by atoms with van der Waals surface area (Å²) in [5.41, 5.74) is 2.34. The highest BCUT2D eigenvalue weighted by molar-refractivity contribution is 14.1. The molecule has 7 heteroatoms. The molecule has 26 heavy (non-hydrogen) atoms. The topological polar surface area (TPSA) is 57.2 Å². The van der Waals surface area contributed by atoms with Gasteiger partial charge in [-0.3, -0.25) is 4.79 Å². The summed E-state index contributed by atoms with van der Waals surface area (Å²) in [6, 6.07) is 11.3. The number of carbonyl (C=O) groups is 1. The Hall–Kier alpha value is -1.84. The van der Waals surface area contributed by atoms with Gasteiger partial charge in [0.2, 0.25) is 0 Å². The summed E-state index contributed by atoms with van der Waals surface area (Å²) in [5.74, 6) is -0.363. The second kappa shape index (κ2) is 7.42. The number of benzene rings is 2. The summed E-state index contributed by atoms with van der Waals surface area (Å²) < 4.78 is 22.7. The Labute approximate surface area is 166 Å². The first-order chi connectivity index (χ1) is 12.5. The van der Waals surface area contributed by atoms with Crippen LogP contribution in [0.1, 0.15) is 11.1 Å². The minimum absolute atomic E-state index is 0.263. The summed E-state index contributed by atoms with van der Waals surface area (Å²) >= 11 is 2.20. The van der Waals surface area contributed by atoms with Crippen LogP contribution in [0.3, 0.4) is 0 Å². The molecular weight excluding hydrogens is 449 g/mol. The van der Waals surface area contributed by atoms with Gasteiger partial charge >= 0.3 is 0 Å². The van der Waals surface area contributed by atoms with E-state index < -0.39 is 5.79 Å². The molecule has 0 atom stereocenters. The number of methoxy groups -OCH3 is 4. The van der Waals surface area contributed by atoms with E-state index in [1.54, 1.807) is 25.2 Å².